The lowest BCUT2D eigenvalue weighted by Crippen LogP contribution is -2.31. The normalized spacial score (nSPS) is 13.7. The van der Waals surface area contributed by atoms with Gasteiger partial charge in [0, 0.05) is 13.0 Å². The first kappa shape index (κ1) is 22.4. The van der Waals surface area contributed by atoms with Gasteiger partial charge in [-0.2, -0.15) is 0 Å². The van der Waals surface area contributed by atoms with E-state index in [0.717, 1.165) is 12.8 Å². The molecule has 23 heavy (non-hydrogen) atoms. The Balaban J connectivity index is 3.31. The molecule has 138 valence electrons. The zero-order chi connectivity index (χ0) is 17.3. The molecule has 5 nitrogen and oxygen atoms in total. The Morgan fingerprint density at radius 3 is 2.00 bits per heavy atom. The Morgan fingerprint density at radius 2 is 1.43 bits per heavy atom. The number of hydrogen-bond donors (Lipinski definition) is 4. The van der Waals surface area contributed by atoms with Crippen LogP contribution in [0.4, 0.5) is 0 Å². The monoisotopic (exact) mass is 331 g/mol. The van der Waals surface area contributed by atoms with Crippen molar-refractivity contribution in [3.63, 3.8) is 0 Å². The molecule has 5 heteroatoms. The van der Waals surface area contributed by atoms with Crippen LogP contribution in [-0.4, -0.2) is 46.6 Å². The topological polar surface area (TPSA) is 89.8 Å². The molecule has 0 saturated carbocycles. The molecule has 2 atom stereocenters. The standard InChI is InChI=1S/C18H37NO4/c1-2-3-4-5-6-7-8-9-10-13-18(23)19-14-11-12-16(21)17(22)15-20/h16-17,20-22H,2-15H2,1H3,(H,19,23). The second-order valence-corrected chi connectivity index (χ2v) is 6.39. The largest absolute Gasteiger partial charge is 0.394 e. The van der Waals surface area contributed by atoms with Crippen molar-refractivity contribution in [1.29, 1.82) is 0 Å². The fourth-order valence-electron chi connectivity index (χ4n) is 2.54. The number of carbonyl (C=O) groups excluding carboxylic acids is 1. The fraction of sp³-hybridized carbons (Fsp3) is 0.944. The van der Waals surface area contributed by atoms with E-state index in [-0.39, 0.29) is 5.91 Å². The summed E-state index contributed by atoms with van der Waals surface area (Å²) in [5.74, 6) is 0.0603. The highest BCUT2D eigenvalue weighted by Gasteiger charge is 2.14. The maximum absolute atomic E-state index is 11.6. The summed E-state index contributed by atoms with van der Waals surface area (Å²) in [6.07, 6.45) is 10.7. The van der Waals surface area contributed by atoms with Crippen LogP contribution in [0.25, 0.3) is 0 Å². The zero-order valence-electron chi connectivity index (χ0n) is 14.8. The van der Waals surface area contributed by atoms with Crippen LogP contribution in [0.2, 0.25) is 0 Å². The van der Waals surface area contributed by atoms with Gasteiger partial charge in [-0.25, -0.2) is 0 Å². The molecule has 0 aromatic rings. The first-order chi connectivity index (χ1) is 11.1. The number of nitrogens with one attached hydrogen (secondary N) is 1. The van der Waals surface area contributed by atoms with Crippen molar-refractivity contribution in [3.05, 3.63) is 0 Å². The molecule has 0 heterocycles. The number of rotatable bonds is 16. The average molecular weight is 331 g/mol. The van der Waals surface area contributed by atoms with Crippen molar-refractivity contribution in [3.8, 4) is 0 Å². The van der Waals surface area contributed by atoms with Gasteiger partial charge in [0.2, 0.25) is 5.91 Å². The Bertz CT molecular complexity index is 274. The molecule has 1 amide bonds. The molecule has 0 bridgehead atoms. The summed E-state index contributed by atoms with van der Waals surface area (Å²) in [7, 11) is 0. The number of amides is 1. The summed E-state index contributed by atoms with van der Waals surface area (Å²) in [5.41, 5.74) is 0. The molecule has 0 rings (SSSR count). The van der Waals surface area contributed by atoms with E-state index >= 15 is 0 Å². The second kappa shape index (κ2) is 16.2. The summed E-state index contributed by atoms with van der Waals surface area (Å²) < 4.78 is 0. The van der Waals surface area contributed by atoms with Gasteiger partial charge in [-0.15, -0.1) is 0 Å². The zero-order valence-corrected chi connectivity index (χ0v) is 14.8. The molecular weight excluding hydrogens is 294 g/mol. The van der Waals surface area contributed by atoms with E-state index in [0.29, 0.717) is 25.8 Å². The lowest BCUT2D eigenvalue weighted by Gasteiger charge is -2.15. The van der Waals surface area contributed by atoms with Gasteiger partial charge >= 0.3 is 0 Å². The molecule has 0 fully saturated rings. The predicted molar refractivity (Wildman–Crippen MR) is 93.2 cm³/mol. The smallest absolute Gasteiger partial charge is 0.219 e. The molecule has 2 unspecified atom stereocenters. The molecule has 0 aliphatic rings. The molecule has 0 radical (unpaired) electrons. The Hall–Kier alpha value is -0.650. The van der Waals surface area contributed by atoms with Gasteiger partial charge in [0.05, 0.1) is 12.7 Å². The van der Waals surface area contributed by atoms with E-state index in [1.165, 1.54) is 44.9 Å². The van der Waals surface area contributed by atoms with Crippen LogP contribution >= 0.6 is 0 Å². The van der Waals surface area contributed by atoms with Crippen LogP contribution in [0.15, 0.2) is 0 Å². The quantitative estimate of drug-likeness (QED) is 0.327. The third-order valence-corrected chi connectivity index (χ3v) is 4.14. The Labute approximate surface area is 141 Å². The van der Waals surface area contributed by atoms with E-state index in [9.17, 15) is 15.0 Å². The maximum Gasteiger partial charge on any atom is 0.219 e. The third kappa shape index (κ3) is 14.7. The summed E-state index contributed by atoms with van der Waals surface area (Å²) in [4.78, 5) is 11.6. The van der Waals surface area contributed by atoms with Gasteiger partial charge < -0.3 is 20.6 Å². The van der Waals surface area contributed by atoms with E-state index in [1.54, 1.807) is 0 Å². The number of aliphatic hydroxyl groups excluding tert-OH is 3. The minimum Gasteiger partial charge on any atom is -0.394 e. The number of carbonyl (C=O) groups is 1. The molecule has 0 saturated heterocycles. The summed E-state index contributed by atoms with van der Waals surface area (Å²) in [6, 6.07) is 0. The molecule has 0 aromatic carbocycles. The van der Waals surface area contributed by atoms with Gasteiger partial charge in [-0.1, -0.05) is 58.3 Å². The van der Waals surface area contributed by atoms with Gasteiger partial charge in [0.15, 0.2) is 0 Å². The summed E-state index contributed by atoms with van der Waals surface area (Å²) in [6.45, 7) is 2.29. The number of hydrogen-bond acceptors (Lipinski definition) is 4. The summed E-state index contributed by atoms with van der Waals surface area (Å²) in [5, 5.41) is 30.2. The van der Waals surface area contributed by atoms with Gasteiger partial charge in [0.25, 0.3) is 0 Å². The SMILES string of the molecule is CCCCCCCCCCCC(=O)NCCCC(O)C(O)CO. The lowest BCUT2D eigenvalue weighted by atomic mass is 10.1. The Kier molecular flexibility index (Phi) is 15.8. The molecule has 4 N–H and O–H groups in total. The van der Waals surface area contributed by atoms with Crippen molar-refractivity contribution in [2.75, 3.05) is 13.2 Å². The van der Waals surface area contributed by atoms with Crippen LogP contribution < -0.4 is 5.32 Å². The first-order valence-corrected chi connectivity index (χ1v) is 9.35. The van der Waals surface area contributed by atoms with Crippen LogP contribution in [0.1, 0.15) is 84.0 Å². The van der Waals surface area contributed by atoms with Crippen molar-refractivity contribution >= 4 is 5.91 Å². The Morgan fingerprint density at radius 1 is 0.870 bits per heavy atom. The van der Waals surface area contributed by atoms with E-state index in [4.69, 9.17) is 5.11 Å². The van der Waals surface area contributed by atoms with Crippen LogP contribution in [0, 0.1) is 0 Å². The minimum atomic E-state index is -1.09. The van der Waals surface area contributed by atoms with Crippen molar-refractivity contribution < 1.29 is 20.1 Å². The second-order valence-electron chi connectivity index (χ2n) is 6.39. The van der Waals surface area contributed by atoms with E-state index in [1.807, 2.05) is 0 Å². The van der Waals surface area contributed by atoms with Crippen LogP contribution in [0.5, 0.6) is 0 Å². The number of unbranched alkanes of at least 4 members (excludes halogenated alkanes) is 8. The average Bonchev–Trinajstić information content (AvgIpc) is 2.56. The summed E-state index contributed by atoms with van der Waals surface area (Å²) >= 11 is 0. The van der Waals surface area contributed by atoms with Crippen molar-refractivity contribution in [2.45, 2.75) is 96.2 Å². The van der Waals surface area contributed by atoms with Crippen molar-refractivity contribution in [2.24, 2.45) is 0 Å². The predicted octanol–water partition coefficient (Wildman–Crippen LogP) is 2.52. The maximum atomic E-state index is 11.6. The van der Waals surface area contributed by atoms with Crippen molar-refractivity contribution in [1.82, 2.24) is 5.32 Å². The highest BCUT2D eigenvalue weighted by atomic mass is 16.4. The van der Waals surface area contributed by atoms with Gasteiger partial charge in [0.1, 0.15) is 6.10 Å². The molecule has 0 aliphatic carbocycles. The van der Waals surface area contributed by atoms with Gasteiger partial charge in [-0.3, -0.25) is 4.79 Å². The fourth-order valence-corrected chi connectivity index (χ4v) is 2.54. The molecule has 0 aromatic heterocycles. The van der Waals surface area contributed by atoms with Gasteiger partial charge in [-0.05, 0) is 19.3 Å². The molecule has 0 spiro atoms. The lowest BCUT2D eigenvalue weighted by molar-refractivity contribution is -0.121. The number of aliphatic hydroxyl groups is 3. The minimum absolute atomic E-state index is 0.0603. The highest BCUT2D eigenvalue weighted by molar-refractivity contribution is 5.75. The van der Waals surface area contributed by atoms with E-state index in [2.05, 4.69) is 12.2 Å². The highest BCUT2D eigenvalue weighted by Crippen LogP contribution is 2.10. The first-order valence-electron chi connectivity index (χ1n) is 9.35. The third-order valence-electron chi connectivity index (χ3n) is 4.14. The molecular formula is C18H37NO4. The molecule has 0 aliphatic heterocycles. The van der Waals surface area contributed by atoms with Crippen LogP contribution in [-0.2, 0) is 4.79 Å². The van der Waals surface area contributed by atoms with Crippen LogP contribution in [0.3, 0.4) is 0 Å². The van der Waals surface area contributed by atoms with E-state index < -0.39 is 18.8 Å².